The van der Waals surface area contributed by atoms with Crippen molar-refractivity contribution >= 4 is 21.6 Å². The Balaban J connectivity index is 1.39. The molecule has 3 atom stereocenters. The summed E-state index contributed by atoms with van der Waals surface area (Å²) in [4.78, 5) is 6.28. The predicted molar refractivity (Wildman–Crippen MR) is 108 cm³/mol. The van der Waals surface area contributed by atoms with Crippen LogP contribution in [0.4, 0.5) is 4.39 Å². The smallest absolute Gasteiger partial charge is 0.240 e. The molecule has 2 saturated heterocycles. The first-order valence-corrected chi connectivity index (χ1v) is 11.4. The standard InChI is InChI=1S/C19H23ClFN5O2S/c20-16-10-15(3-4-17(16)21)29(27,28)25-14-2-1-9-26(12-14)19-11-18(23-24-19)13-5-7-22-8-6-13/h3-8,10,14,18-19,23-25H,1-2,9,11-12H2. The molecule has 10 heteroatoms. The Bertz CT molecular complexity index is 962. The minimum Gasteiger partial charge on any atom is -0.285 e. The Labute approximate surface area is 174 Å². The van der Waals surface area contributed by atoms with Gasteiger partial charge in [-0.05, 0) is 61.7 Å². The number of aromatic nitrogens is 1. The number of hydrogen-bond donors (Lipinski definition) is 3. The minimum atomic E-state index is -3.77. The first kappa shape index (κ1) is 20.6. The summed E-state index contributed by atoms with van der Waals surface area (Å²) in [6.45, 7) is 1.49. The Morgan fingerprint density at radius 3 is 2.76 bits per heavy atom. The number of benzene rings is 1. The predicted octanol–water partition coefficient (Wildman–Crippen LogP) is 2.18. The van der Waals surface area contributed by atoms with Crippen LogP contribution in [0.5, 0.6) is 0 Å². The maximum Gasteiger partial charge on any atom is 0.240 e. The number of piperidine rings is 1. The highest BCUT2D eigenvalue weighted by molar-refractivity contribution is 7.89. The average molecular weight is 440 g/mol. The molecular formula is C19H23ClFN5O2S. The average Bonchev–Trinajstić information content (AvgIpc) is 3.21. The van der Waals surface area contributed by atoms with Gasteiger partial charge in [-0.2, -0.15) is 0 Å². The number of sulfonamides is 1. The first-order valence-electron chi connectivity index (χ1n) is 9.55. The summed E-state index contributed by atoms with van der Waals surface area (Å²) in [6.07, 6.45) is 6.17. The highest BCUT2D eigenvalue weighted by atomic mass is 35.5. The maximum absolute atomic E-state index is 13.4. The first-order chi connectivity index (χ1) is 13.9. The van der Waals surface area contributed by atoms with Crippen LogP contribution in [0.1, 0.15) is 30.9 Å². The summed E-state index contributed by atoms with van der Waals surface area (Å²) in [6, 6.07) is 7.37. The van der Waals surface area contributed by atoms with Gasteiger partial charge in [0.15, 0.2) is 0 Å². The lowest BCUT2D eigenvalue weighted by atomic mass is 10.0. The third-order valence-electron chi connectivity index (χ3n) is 5.41. The molecule has 156 valence electrons. The Morgan fingerprint density at radius 1 is 1.21 bits per heavy atom. The van der Waals surface area contributed by atoms with Crippen LogP contribution in [0.2, 0.25) is 5.02 Å². The van der Waals surface area contributed by atoms with E-state index in [4.69, 9.17) is 11.6 Å². The van der Waals surface area contributed by atoms with E-state index in [0.29, 0.717) is 6.54 Å². The van der Waals surface area contributed by atoms with Gasteiger partial charge in [0.2, 0.25) is 10.0 Å². The molecule has 29 heavy (non-hydrogen) atoms. The summed E-state index contributed by atoms with van der Waals surface area (Å²) in [7, 11) is -3.77. The largest absolute Gasteiger partial charge is 0.285 e. The van der Waals surface area contributed by atoms with E-state index >= 15 is 0 Å². The van der Waals surface area contributed by atoms with E-state index in [1.54, 1.807) is 12.4 Å². The minimum absolute atomic E-state index is 0.0283. The van der Waals surface area contributed by atoms with Crippen LogP contribution in [-0.2, 0) is 10.0 Å². The number of nitrogens with one attached hydrogen (secondary N) is 3. The van der Waals surface area contributed by atoms with Crippen LogP contribution in [0.25, 0.3) is 0 Å². The molecule has 3 N–H and O–H groups in total. The second-order valence-corrected chi connectivity index (χ2v) is 9.53. The quantitative estimate of drug-likeness (QED) is 0.662. The number of pyridine rings is 1. The SMILES string of the molecule is O=S(=O)(NC1CCCN(C2CC(c3ccncc3)NN2)C1)c1ccc(F)c(Cl)c1. The molecule has 2 fully saturated rings. The molecule has 0 bridgehead atoms. The van der Waals surface area contributed by atoms with Gasteiger partial charge in [-0.25, -0.2) is 28.4 Å². The van der Waals surface area contributed by atoms with Gasteiger partial charge in [-0.3, -0.25) is 9.88 Å². The zero-order chi connectivity index (χ0) is 20.4. The lowest BCUT2D eigenvalue weighted by Gasteiger charge is -2.36. The fraction of sp³-hybridized carbons (Fsp3) is 0.421. The van der Waals surface area contributed by atoms with E-state index in [1.165, 1.54) is 6.07 Å². The van der Waals surface area contributed by atoms with Crippen LogP contribution in [0, 0.1) is 5.82 Å². The van der Waals surface area contributed by atoms with E-state index in [2.05, 4.69) is 25.5 Å². The van der Waals surface area contributed by atoms with Crippen LogP contribution in [0.3, 0.4) is 0 Å². The van der Waals surface area contributed by atoms with Crippen molar-refractivity contribution in [1.29, 1.82) is 0 Å². The topological polar surface area (TPSA) is 86.4 Å². The molecule has 0 aliphatic carbocycles. The number of nitrogens with zero attached hydrogens (tertiary/aromatic N) is 2. The van der Waals surface area contributed by atoms with Crippen molar-refractivity contribution < 1.29 is 12.8 Å². The van der Waals surface area contributed by atoms with Gasteiger partial charge in [-0.15, -0.1) is 0 Å². The third kappa shape index (κ3) is 4.76. The number of rotatable bonds is 5. The van der Waals surface area contributed by atoms with Gasteiger partial charge in [0, 0.05) is 31.0 Å². The van der Waals surface area contributed by atoms with Crippen LogP contribution < -0.4 is 15.6 Å². The number of likely N-dealkylation sites (tertiary alicyclic amines) is 1. The van der Waals surface area contributed by atoms with Crippen molar-refractivity contribution in [3.63, 3.8) is 0 Å². The summed E-state index contributed by atoms with van der Waals surface area (Å²) in [5.74, 6) is -0.641. The van der Waals surface area contributed by atoms with E-state index in [9.17, 15) is 12.8 Å². The number of hydrazine groups is 1. The van der Waals surface area contributed by atoms with Gasteiger partial charge < -0.3 is 0 Å². The second-order valence-electron chi connectivity index (χ2n) is 7.40. The van der Waals surface area contributed by atoms with Gasteiger partial charge in [0.1, 0.15) is 5.82 Å². The van der Waals surface area contributed by atoms with Crippen LogP contribution in [0.15, 0.2) is 47.6 Å². The molecule has 2 aliphatic rings. The van der Waals surface area contributed by atoms with Crippen molar-refractivity contribution in [3.05, 3.63) is 59.1 Å². The van der Waals surface area contributed by atoms with Crippen molar-refractivity contribution in [2.24, 2.45) is 0 Å². The van der Waals surface area contributed by atoms with Gasteiger partial charge in [0.05, 0.1) is 16.1 Å². The van der Waals surface area contributed by atoms with E-state index in [-0.39, 0.29) is 28.2 Å². The molecule has 1 aromatic carbocycles. The van der Waals surface area contributed by atoms with Crippen molar-refractivity contribution in [3.8, 4) is 0 Å². The third-order valence-corrected chi connectivity index (χ3v) is 7.22. The monoisotopic (exact) mass is 439 g/mol. The molecule has 3 unspecified atom stereocenters. The summed E-state index contributed by atoms with van der Waals surface area (Å²) in [5.41, 5.74) is 7.80. The molecule has 7 nitrogen and oxygen atoms in total. The Kier molecular flexibility index (Phi) is 6.14. The lowest BCUT2D eigenvalue weighted by molar-refractivity contribution is 0.129. The van der Waals surface area contributed by atoms with Crippen molar-refractivity contribution in [1.82, 2.24) is 25.5 Å². The second kappa shape index (κ2) is 8.63. The fourth-order valence-corrected chi connectivity index (χ4v) is 5.44. The zero-order valence-electron chi connectivity index (χ0n) is 15.7. The Morgan fingerprint density at radius 2 is 2.00 bits per heavy atom. The molecule has 0 saturated carbocycles. The molecule has 1 aromatic heterocycles. The van der Waals surface area contributed by atoms with E-state index in [1.807, 2.05) is 12.1 Å². The molecule has 0 spiro atoms. The van der Waals surface area contributed by atoms with Gasteiger partial charge >= 0.3 is 0 Å². The highest BCUT2D eigenvalue weighted by Crippen LogP contribution is 2.26. The molecule has 0 amide bonds. The summed E-state index contributed by atoms with van der Waals surface area (Å²) in [5, 5.41) is -0.207. The molecule has 0 radical (unpaired) electrons. The van der Waals surface area contributed by atoms with E-state index in [0.717, 1.165) is 43.5 Å². The van der Waals surface area contributed by atoms with Gasteiger partial charge in [0.25, 0.3) is 0 Å². The van der Waals surface area contributed by atoms with Crippen LogP contribution in [-0.4, -0.2) is 43.6 Å². The molecule has 2 aliphatic heterocycles. The Hall–Kier alpha value is -1.62. The van der Waals surface area contributed by atoms with Crippen LogP contribution >= 0.6 is 11.6 Å². The normalized spacial score (nSPS) is 25.9. The zero-order valence-corrected chi connectivity index (χ0v) is 17.3. The molecule has 4 rings (SSSR count). The number of halogens is 2. The lowest BCUT2D eigenvalue weighted by Crippen LogP contribution is -2.54. The maximum atomic E-state index is 13.4. The van der Waals surface area contributed by atoms with Gasteiger partial charge in [-0.1, -0.05) is 11.6 Å². The highest BCUT2D eigenvalue weighted by Gasteiger charge is 2.33. The number of hydrogen-bond acceptors (Lipinski definition) is 6. The molecule has 2 aromatic rings. The van der Waals surface area contributed by atoms with E-state index < -0.39 is 15.8 Å². The summed E-state index contributed by atoms with van der Waals surface area (Å²) < 4.78 is 41.5. The molecule has 3 heterocycles. The molecular weight excluding hydrogens is 417 g/mol. The summed E-state index contributed by atoms with van der Waals surface area (Å²) >= 11 is 5.74. The van der Waals surface area contributed by atoms with Crippen molar-refractivity contribution in [2.45, 2.75) is 42.4 Å². The van der Waals surface area contributed by atoms with Crippen molar-refractivity contribution in [2.75, 3.05) is 13.1 Å². The fourth-order valence-electron chi connectivity index (χ4n) is 3.91.